The number of nitriles is 1. The van der Waals surface area contributed by atoms with Gasteiger partial charge in [0.15, 0.2) is 0 Å². The minimum Gasteiger partial charge on any atom is -0.313 e. The maximum Gasteiger partial charge on any atom is 0.0622 e. The summed E-state index contributed by atoms with van der Waals surface area (Å²) >= 11 is 0. The Morgan fingerprint density at radius 1 is 1.47 bits per heavy atom. The zero-order chi connectivity index (χ0) is 10.9. The van der Waals surface area contributed by atoms with Gasteiger partial charge in [0.05, 0.1) is 6.07 Å². The summed E-state index contributed by atoms with van der Waals surface area (Å²) in [6.45, 7) is 6.82. The van der Waals surface area contributed by atoms with Gasteiger partial charge < -0.3 is 10.2 Å². The van der Waals surface area contributed by atoms with Crippen molar-refractivity contribution in [3.63, 3.8) is 0 Å². The van der Waals surface area contributed by atoms with Crippen molar-refractivity contribution in [1.82, 2.24) is 10.2 Å². The maximum absolute atomic E-state index is 8.51. The molecule has 1 aliphatic rings. The Balaban J connectivity index is 2.19. The number of hydrogen-bond acceptors (Lipinski definition) is 3. The third-order valence-electron chi connectivity index (χ3n) is 2.94. The second-order valence-electron chi connectivity index (χ2n) is 4.36. The molecule has 0 aromatic rings. The smallest absolute Gasteiger partial charge is 0.0622 e. The molecule has 0 aromatic heterocycles. The standard InChI is InChI=1S/C12H23N3/c1-2-9-15(10-4-3-7-13)11-12-6-5-8-14-12/h12,14H,2-6,8-11H2,1H3. The van der Waals surface area contributed by atoms with E-state index in [-0.39, 0.29) is 0 Å². The number of hydrogen-bond donors (Lipinski definition) is 1. The van der Waals surface area contributed by atoms with Crippen LogP contribution in [0.4, 0.5) is 0 Å². The van der Waals surface area contributed by atoms with Crippen molar-refractivity contribution in [2.24, 2.45) is 0 Å². The largest absolute Gasteiger partial charge is 0.313 e. The molecule has 0 aliphatic carbocycles. The van der Waals surface area contributed by atoms with Crippen molar-refractivity contribution in [2.45, 2.75) is 45.1 Å². The lowest BCUT2D eigenvalue weighted by Gasteiger charge is -2.24. The average Bonchev–Trinajstić information content (AvgIpc) is 2.71. The molecule has 3 nitrogen and oxygen atoms in total. The first-order chi connectivity index (χ1) is 7.36. The Morgan fingerprint density at radius 2 is 2.33 bits per heavy atom. The number of nitrogens with zero attached hydrogens (tertiary/aromatic N) is 2. The molecule has 1 unspecified atom stereocenters. The van der Waals surface area contributed by atoms with Crippen LogP contribution in [0.3, 0.4) is 0 Å². The average molecular weight is 209 g/mol. The summed E-state index contributed by atoms with van der Waals surface area (Å²) in [5.41, 5.74) is 0. The molecule has 1 fully saturated rings. The molecule has 1 atom stereocenters. The van der Waals surface area contributed by atoms with Gasteiger partial charge in [-0.2, -0.15) is 5.26 Å². The lowest BCUT2D eigenvalue weighted by Crippen LogP contribution is -2.38. The first kappa shape index (κ1) is 12.5. The van der Waals surface area contributed by atoms with Crippen LogP contribution in [0.1, 0.15) is 39.0 Å². The minimum atomic E-state index is 0.693. The lowest BCUT2D eigenvalue weighted by atomic mass is 10.2. The second-order valence-corrected chi connectivity index (χ2v) is 4.36. The summed E-state index contributed by atoms with van der Waals surface area (Å²) in [6.07, 6.45) is 5.56. The monoisotopic (exact) mass is 209 g/mol. The first-order valence-electron chi connectivity index (χ1n) is 6.19. The molecule has 3 heteroatoms. The number of rotatable bonds is 7. The van der Waals surface area contributed by atoms with Gasteiger partial charge in [0, 0.05) is 19.0 Å². The Kier molecular flexibility index (Phi) is 6.38. The van der Waals surface area contributed by atoms with Gasteiger partial charge in [0.1, 0.15) is 0 Å². The molecule has 0 spiro atoms. The Morgan fingerprint density at radius 3 is 2.93 bits per heavy atom. The third-order valence-corrected chi connectivity index (χ3v) is 2.94. The van der Waals surface area contributed by atoms with E-state index in [4.69, 9.17) is 5.26 Å². The van der Waals surface area contributed by atoms with Crippen LogP contribution < -0.4 is 5.32 Å². The molecule has 1 aliphatic heterocycles. The summed E-state index contributed by atoms with van der Waals surface area (Å²) in [7, 11) is 0. The molecule has 0 radical (unpaired) electrons. The Labute approximate surface area is 93.5 Å². The highest BCUT2D eigenvalue weighted by molar-refractivity contribution is 4.78. The highest BCUT2D eigenvalue weighted by atomic mass is 15.1. The molecular weight excluding hydrogens is 186 g/mol. The summed E-state index contributed by atoms with van der Waals surface area (Å²) in [6, 6.07) is 2.91. The van der Waals surface area contributed by atoms with Gasteiger partial charge in [0.25, 0.3) is 0 Å². The fraction of sp³-hybridized carbons (Fsp3) is 0.917. The SMILES string of the molecule is CCCN(CCCC#N)CC1CCCN1. The van der Waals surface area contributed by atoms with Crippen molar-refractivity contribution in [3.8, 4) is 6.07 Å². The maximum atomic E-state index is 8.51. The van der Waals surface area contributed by atoms with E-state index in [0.29, 0.717) is 12.5 Å². The van der Waals surface area contributed by atoms with Crippen LogP contribution in [0, 0.1) is 11.3 Å². The quantitative estimate of drug-likeness (QED) is 0.649. The van der Waals surface area contributed by atoms with Crippen LogP contribution in [0.5, 0.6) is 0 Å². The van der Waals surface area contributed by atoms with Crippen molar-refractivity contribution in [2.75, 3.05) is 26.2 Å². The van der Waals surface area contributed by atoms with Gasteiger partial charge in [-0.05, 0) is 45.3 Å². The van der Waals surface area contributed by atoms with Crippen molar-refractivity contribution in [1.29, 1.82) is 5.26 Å². The fourth-order valence-electron chi connectivity index (χ4n) is 2.22. The van der Waals surface area contributed by atoms with Crippen LogP contribution in [0.15, 0.2) is 0 Å². The Bertz CT molecular complexity index is 192. The van der Waals surface area contributed by atoms with Crippen LogP contribution >= 0.6 is 0 Å². The highest BCUT2D eigenvalue weighted by Crippen LogP contribution is 2.08. The number of nitrogens with one attached hydrogen (secondary N) is 1. The predicted octanol–water partition coefficient (Wildman–Crippen LogP) is 1.75. The molecule has 1 saturated heterocycles. The van der Waals surface area contributed by atoms with Crippen molar-refractivity contribution in [3.05, 3.63) is 0 Å². The highest BCUT2D eigenvalue weighted by Gasteiger charge is 2.16. The van der Waals surface area contributed by atoms with E-state index in [0.717, 1.165) is 13.0 Å². The summed E-state index contributed by atoms with van der Waals surface area (Å²) in [4.78, 5) is 2.50. The summed E-state index contributed by atoms with van der Waals surface area (Å²) < 4.78 is 0. The zero-order valence-corrected chi connectivity index (χ0v) is 9.84. The van der Waals surface area contributed by atoms with E-state index in [1.807, 2.05) is 0 Å². The third kappa shape index (κ3) is 5.15. The van der Waals surface area contributed by atoms with E-state index in [1.165, 1.54) is 38.9 Å². The normalized spacial score (nSPS) is 20.7. The molecule has 1 heterocycles. The molecular formula is C12H23N3. The van der Waals surface area contributed by atoms with Gasteiger partial charge in [-0.1, -0.05) is 6.92 Å². The van der Waals surface area contributed by atoms with Gasteiger partial charge in [-0.3, -0.25) is 0 Å². The van der Waals surface area contributed by atoms with E-state index in [9.17, 15) is 0 Å². The van der Waals surface area contributed by atoms with Gasteiger partial charge in [0.2, 0.25) is 0 Å². The van der Waals surface area contributed by atoms with Crippen molar-refractivity contribution >= 4 is 0 Å². The zero-order valence-electron chi connectivity index (χ0n) is 9.84. The molecule has 86 valence electrons. The molecule has 0 amide bonds. The van der Waals surface area contributed by atoms with Crippen LogP contribution in [-0.2, 0) is 0 Å². The molecule has 0 bridgehead atoms. The van der Waals surface area contributed by atoms with Crippen LogP contribution in [-0.4, -0.2) is 37.1 Å². The van der Waals surface area contributed by atoms with Gasteiger partial charge in [-0.15, -0.1) is 0 Å². The predicted molar refractivity (Wildman–Crippen MR) is 62.6 cm³/mol. The van der Waals surface area contributed by atoms with E-state index in [2.05, 4.69) is 23.2 Å². The first-order valence-corrected chi connectivity index (χ1v) is 6.19. The number of unbranched alkanes of at least 4 members (excludes halogenated alkanes) is 1. The molecule has 1 N–H and O–H groups in total. The molecule has 15 heavy (non-hydrogen) atoms. The second kappa shape index (κ2) is 7.67. The summed E-state index contributed by atoms with van der Waals surface area (Å²) in [5.74, 6) is 0. The van der Waals surface area contributed by atoms with Crippen LogP contribution in [0.25, 0.3) is 0 Å². The molecule has 1 rings (SSSR count). The van der Waals surface area contributed by atoms with Gasteiger partial charge >= 0.3 is 0 Å². The summed E-state index contributed by atoms with van der Waals surface area (Å²) in [5, 5.41) is 12.0. The fourth-order valence-corrected chi connectivity index (χ4v) is 2.22. The Hall–Kier alpha value is -0.590. The topological polar surface area (TPSA) is 39.1 Å². The molecule has 0 aromatic carbocycles. The van der Waals surface area contributed by atoms with E-state index >= 15 is 0 Å². The van der Waals surface area contributed by atoms with E-state index in [1.54, 1.807) is 0 Å². The van der Waals surface area contributed by atoms with E-state index < -0.39 is 0 Å². The molecule has 0 saturated carbocycles. The minimum absolute atomic E-state index is 0.693. The van der Waals surface area contributed by atoms with Gasteiger partial charge in [-0.25, -0.2) is 0 Å². The van der Waals surface area contributed by atoms with Crippen molar-refractivity contribution < 1.29 is 0 Å². The van der Waals surface area contributed by atoms with Crippen LogP contribution in [0.2, 0.25) is 0 Å². The lowest BCUT2D eigenvalue weighted by molar-refractivity contribution is 0.247.